The molecule has 0 spiro atoms. The molecule has 3 aromatic carbocycles. The molecule has 1 aromatic heterocycles. The van der Waals surface area contributed by atoms with Gasteiger partial charge in [-0.25, -0.2) is 8.78 Å². The Morgan fingerprint density at radius 1 is 0.865 bits per heavy atom. The third kappa shape index (κ3) is 6.58. The number of hydrogen-bond acceptors (Lipinski definition) is 8. The first-order valence-corrected chi connectivity index (χ1v) is 11.4. The second kappa shape index (κ2) is 11.5. The van der Waals surface area contributed by atoms with Crippen molar-refractivity contribution in [3.63, 3.8) is 0 Å². The van der Waals surface area contributed by atoms with Crippen LogP contribution in [0.2, 0.25) is 5.02 Å². The Morgan fingerprint density at radius 3 is 1.92 bits per heavy atom. The molecule has 1 unspecified atom stereocenters. The lowest BCUT2D eigenvalue weighted by Crippen LogP contribution is -2.32. The second-order valence-electron chi connectivity index (χ2n) is 7.72. The summed E-state index contributed by atoms with van der Waals surface area (Å²) in [6.07, 6.45) is 0. The number of nitrogens with zero attached hydrogens (tertiary/aromatic N) is 3. The predicted molar refractivity (Wildman–Crippen MR) is 139 cm³/mol. The minimum atomic E-state index is -0.814. The van der Waals surface area contributed by atoms with Crippen molar-refractivity contribution in [2.24, 2.45) is 0 Å². The molecule has 0 radical (unpaired) electrons. The third-order valence-corrected chi connectivity index (χ3v) is 5.33. The number of halogens is 3. The quantitative estimate of drug-likeness (QED) is 0.219. The summed E-state index contributed by atoms with van der Waals surface area (Å²) in [6, 6.07) is 16.0. The van der Waals surface area contributed by atoms with E-state index in [1.54, 1.807) is 49.4 Å². The lowest BCUT2D eigenvalue weighted by Gasteiger charge is -2.16. The Morgan fingerprint density at radius 2 is 1.41 bits per heavy atom. The van der Waals surface area contributed by atoms with Crippen molar-refractivity contribution in [3.8, 4) is 5.75 Å². The van der Waals surface area contributed by atoms with E-state index < -0.39 is 23.6 Å². The van der Waals surface area contributed by atoms with E-state index >= 15 is 0 Å². The van der Waals surface area contributed by atoms with Gasteiger partial charge in [0.25, 0.3) is 0 Å². The molecule has 0 bridgehead atoms. The van der Waals surface area contributed by atoms with Gasteiger partial charge in [0.2, 0.25) is 23.8 Å². The van der Waals surface area contributed by atoms with E-state index in [9.17, 15) is 13.6 Å². The number of ether oxygens (including phenoxy) is 1. The molecule has 0 aliphatic heterocycles. The molecular weight excluding hydrogens is 504 g/mol. The monoisotopic (exact) mass is 525 g/mol. The lowest BCUT2D eigenvalue weighted by molar-refractivity contribution is -0.116. The number of rotatable bonds is 9. The summed E-state index contributed by atoms with van der Waals surface area (Å²) in [5, 5.41) is 11.5. The van der Waals surface area contributed by atoms with Crippen molar-refractivity contribution in [2.75, 3.05) is 28.4 Å². The summed E-state index contributed by atoms with van der Waals surface area (Å²) < 4.78 is 33.5. The highest BCUT2D eigenvalue weighted by molar-refractivity contribution is 6.32. The first kappa shape index (κ1) is 25.6. The van der Waals surface area contributed by atoms with Crippen LogP contribution in [0.4, 0.5) is 43.7 Å². The molecule has 4 aromatic rings. The number of aromatic nitrogens is 3. The summed E-state index contributed by atoms with van der Waals surface area (Å²) in [7, 11) is 1.49. The van der Waals surface area contributed by atoms with Gasteiger partial charge in [0.1, 0.15) is 23.4 Å². The molecule has 1 heterocycles. The number of amides is 1. The van der Waals surface area contributed by atoms with Crippen LogP contribution in [-0.2, 0) is 4.79 Å². The lowest BCUT2D eigenvalue weighted by atomic mass is 10.2. The fourth-order valence-electron chi connectivity index (χ4n) is 3.17. The highest BCUT2D eigenvalue weighted by Gasteiger charge is 2.17. The highest BCUT2D eigenvalue weighted by Crippen LogP contribution is 2.27. The zero-order valence-corrected chi connectivity index (χ0v) is 20.5. The van der Waals surface area contributed by atoms with Gasteiger partial charge in [-0.1, -0.05) is 35.9 Å². The number of methoxy groups -OCH3 is 1. The standard InChI is InChI=1S/C25H22ClF2N7O2/c1-14(22(36)30-15-11-12-21(37-2)16(26)13-15)29-23-33-24(31-19-9-5-3-7-17(19)27)35-25(34-23)32-20-10-6-4-8-18(20)28/h3-14H,1-2H3,(H,30,36)(H3,29,31,32,33,34,35). The summed E-state index contributed by atoms with van der Waals surface area (Å²) in [6.45, 7) is 1.60. The number of benzene rings is 3. The summed E-state index contributed by atoms with van der Waals surface area (Å²) >= 11 is 6.13. The van der Waals surface area contributed by atoms with E-state index in [4.69, 9.17) is 16.3 Å². The van der Waals surface area contributed by atoms with Crippen LogP contribution in [0.15, 0.2) is 66.7 Å². The van der Waals surface area contributed by atoms with E-state index in [1.165, 1.54) is 31.4 Å². The van der Waals surface area contributed by atoms with Crippen LogP contribution in [0, 0.1) is 11.6 Å². The number of anilines is 6. The van der Waals surface area contributed by atoms with Crippen LogP contribution in [0.1, 0.15) is 6.92 Å². The van der Waals surface area contributed by atoms with Crippen molar-refractivity contribution in [1.82, 2.24) is 15.0 Å². The smallest absolute Gasteiger partial charge is 0.246 e. The van der Waals surface area contributed by atoms with Gasteiger partial charge in [-0.15, -0.1) is 0 Å². The Labute approximate surface area is 216 Å². The second-order valence-corrected chi connectivity index (χ2v) is 8.13. The molecule has 9 nitrogen and oxygen atoms in total. The van der Waals surface area contributed by atoms with Crippen LogP contribution in [-0.4, -0.2) is 34.0 Å². The SMILES string of the molecule is COc1ccc(NC(=O)C(C)Nc2nc(Nc3ccccc3F)nc(Nc3ccccc3F)n2)cc1Cl. The van der Waals surface area contributed by atoms with Gasteiger partial charge in [0.15, 0.2) is 0 Å². The van der Waals surface area contributed by atoms with E-state index in [0.29, 0.717) is 16.5 Å². The van der Waals surface area contributed by atoms with Crippen molar-refractivity contribution < 1.29 is 18.3 Å². The molecule has 4 N–H and O–H groups in total. The van der Waals surface area contributed by atoms with Gasteiger partial charge >= 0.3 is 0 Å². The number of para-hydroxylation sites is 2. The van der Waals surface area contributed by atoms with Gasteiger partial charge < -0.3 is 26.0 Å². The van der Waals surface area contributed by atoms with Crippen LogP contribution in [0.5, 0.6) is 5.75 Å². The highest BCUT2D eigenvalue weighted by atomic mass is 35.5. The molecule has 1 amide bonds. The van der Waals surface area contributed by atoms with Crippen molar-refractivity contribution >= 4 is 52.4 Å². The van der Waals surface area contributed by atoms with Crippen LogP contribution >= 0.6 is 11.6 Å². The van der Waals surface area contributed by atoms with E-state index in [0.717, 1.165) is 0 Å². The summed E-state index contributed by atoms with van der Waals surface area (Å²) in [4.78, 5) is 25.5. The summed E-state index contributed by atoms with van der Waals surface area (Å²) in [5.41, 5.74) is 0.709. The number of carbonyl (C=O) groups is 1. The Bertz CT molecular complexity index is 1360. The van der Waals surface area contributed by atoms with Gasteiger partial charge in [0, 0.05) is 5.69 Å². The predicted octanol–water partition coefficient (Wildman–Crippen LogP) is 5.74. The maximum Gasteiger partial charge on any atom is 0.246 e. The molecule has 37 heavy (non-hydrogen) atoms. The van der Waals surface area contributed by atoms with Gasteiger partial charge in [-0.05, 0) is 49.4 Å². The molecule has 4 rings (SSSR count). The molecule has 0 saturated heterocycles. The zero-order chi connectivity index (χ0) is 26.4. The van der Waals surface area contributed by atoms with E-state index in [1.807, 2.05) is 0 Å². The molecule has 1 atom stereocenters. The number of nitrogens with one attached hydrogen (secondary N) is 4. The van der Waals surface area contributed by atoms with Crippen molar-refractivity contribution in [2.45, 2.75) is 13.0 Å². The van der Waals surface area contributed by atoms with Crippen molar-refractivity contribution in [3.05, 3.63) is 83.4 Å². The zero-order valence-electron chi connectivity index (χ0n) is 19.7. The van der Waals surface area contributed by atoms with E-state index in [-0.39, 0.29) is 29.2 Å². The van der Waals surface area contributed by atoms with Gasteiger partial charge in [-0.3, -0.25) is 4.79 Å². The van der Waals surface area contributed by atoms with Crippen LogP contribution in [0.3, 0.4) is 0 Å². The van der Waals surface area contributed by atoms with Gasteiger partial charge in [-0.2, -0.15) is 15.0 Å². The Kier molecular flexibility index (Phi) is 7.94. The molecule has 0 aliphatic carbocycles. The fourth-order valence-corrected chi connectivity index (χ4v) is 3.43. The van der Waals surface area contributed by atoms with E-state index in [2.05, 4.69) is 36.2 Å². The molecule has 0 fully saturated rings. The maximum atomic E-state index is 14.2. The first-order valence-electron chi connectivity index (χ1n) is 11.0. The number of carbonyl (C=O) groups excluding carboxylic acids is 1. The largest absolute Gasteiger partial charge is 0.495 e. The normalized spacial score (nSPS) is 11.4. The summed E-state index contributed by atoms with van der Waals surface area (Å²) in [5.74, 6) is -1.05. The third-order valence-electron chi connectivity index (χ3n) is 5.03. The fraction of sp³-hybridized carbons (Fsp3) is 0.120. The van der Waals surface area contributed by atoms with Gasteiger partial charge in [0.05, 0.1) is 23.5 Å². The topological polar surface area (TPSA) is 113 Å². The average Bonchev–Trinajstić information content (AvgIpc) is 2.87. The van der Waals surface area contributed by atoms with Crippen LogP contribution in [0.25, 0.3) is 0 Å². The Balaban J connectivity index is 1.56. The maximum absolute atomic E-state index is 14.2. The Hall–Kier alpha value is -4.51. The molecule has 0 aliphatic rings. The number of hydrogen-bond donors (Lipinski definition) is 4. The average molecular weight is 526 g/mol. The molecule has 12 heteroatoms. The van der Waals surface area contributed by atoms with Crippen LogP contribution < -0.4 is 26.0 Å². The first-order chi connectivity index (χ1) is 17.8. The minimum Gasteiger partial charge on any atom is -0.495 e. The molecular formula is C25H22ClF2N7O2. The molecule has 190 valence electrons. The minimum absolute atomic E-state index is 0.0110. The molecule has 0 saturated carbocycles. The van der Waals surface area contributed by atoms with Crippen molar-refractivity contribution in [1.29, 1.82) is 0 Å².